The molecule has 0 aromatic carbocycles. The number of nitrogens with two attached hydrogens (primary N) is 1. The van der Waals surface area contributed by atoms with E-state index >= 15 is 0 Å². The number of anilines is 1. The highest BCUT2D eigenvalue weighted by Gasteiger charge is 2.19. The summed E-state index contributed by atoms with van der Waals surface area (Å²) in [6.45, 7) is 6.22. The summed E-state index contributed by atoms with van der Waals surface area (Å²) in [5.41, 5.74) is 7.46. The highest BCUT2D eigenvalue weighted by atomic mass is 32.1. The van der Waals surface area contributed by atoms with E-state index in [1.807, 2.05) is 19.1 Å². The second-order valence-corrected chi connectivity index (χ2v) is 5.32. The number of carbonyl (C=O) groups excluding carboxylic acids is 1. The molecule has 94 valence electrons. The average Bonchev–Trinajstić information content (AvgIpc) is 2.66. The first-order chi connectivity index (χ1) is 8.50. The van der Waals surface area contributed by atoms with Gasteiger partial charge in [-0.25, -0.2) is 4.98 Å². The molecule has 0 saturated carbocycles. The highest BCUT2D eigenvalue weighted by Crippen LogP contribution is 2.32. The highest BCUT2D eigenvalue weighted by molar-refractivity contribution is 7.21. The summed E-state index contributed by atoms with van der Waals surface area (Å²) < 4.78 is 0. The second kappa shape index (κ2) is 4.78. The number of hydrogen-bond donors (Lipinski definition) is 1. The van der Waals surface area contributed by atoms with E-state index < -0.39 is 0 Å². The zero-order chi connectivity index (χ0) is 13.3. The zero-order valence-corrected chi connectivity index (χ0v) is 11.3. The van der Waals surface area contributed by atoms with Crippen LogP contribution in [0.1, 0.15) is 16.6 Å². The van der Waals surface area contributed by atoms with Crippen LogP contribution in [-0.4, -0.2) is 29.4 Å². The topological polar surface area (TPSA) is 59.2 Å². The van der Waals surface area contributed by atoms with Crippen LogP contribution in [-0.2, 0) is 0 Å². The first kappa shape index (κ1) is 12.6. The van der Waals surface area contributed by atoms with Crippen LogP contribution in [0.5, 0.6) is 0 Å². The van der Waals surface area contributed by atoms with Crippen LogP contribution in [0.25, 0.3) is 10.2 Å². The predicted molar refractivity (Wildman–Crippen MR) is 75.8 cm³/mol. The predicted octanol–water partition coefficient (Wildman–Crippen LogP) is 2.53. The monoisotopic (exact) mass is 261 g/mol. The minimum absolute atomic E-state index is 0.0847. The molecule has 2 aromatic heterocycles. The molecule has 0 aliphatic rings. The lowest BCUT2D eigenvalue weighted by Gasteiger charge is -2.16. The number of carbonyl (C=O) groups is 1. The third-order valence-corrected chi connectivity index (χ3v) is 3.67. The first-order valence-corrected chi connectivity index (χ1v) is 6.35. The van der Waals surface area contributed by atoms with Crippen molar-refractivity contribution in [3.8, 4) is 0 Å². The van der Waals surface area contributed by atoms with Gasteiger partial charge in [-0.1, -0.05) is 12.2 Å². The molecule has 2 heterocycles. The summed E-state index contributed by atoms with van der Waals surface area (Å²) in [7, 11) is 1.74. The van der Waals surface area contributed by atoms with Crippen molar-refractivity contribution in [1.82, 2.24) is 9.88 Å². The van der Waals surface area contributed by atoms with Gasteiger partial charge >= 0.3 is 0 Å². The van der Waals surface area contributed by atoms with E-state index in [0.717, 1.165) is 15.8 Å². The summed E-state index contributed by atoms with van der Waals surface area (Å²) in [4.78, 5) is 19.4. The minimum atomic E-state index is -0.0847. The van der Waals surface area contributed by atoms with Crippen molar-refractivity contribution in [2.75, 3.05) is 19.3 Å². The fraction of sp³-hybridized carbons (Fsp3) is 0.231. The molecule has 5 heteroatoms. The number of thiophene rings is 1. The summed E-state index contributed by atoms with van der Waals surface area (Å²) >= 11 is 1.33. The SMILES string of the molecule is C=C(C)CN(C)C(=O)c1sc2ncccc2c1N. The molecule has 0 aliphatic heterocycles. The number of amides is 1. The molecular formula is C13H15N3OS. The normalized spacial score (nSPS) is 10.6. The molecule has 0 saturated heterocycles. The van der Waals surface area contributed by atoms with Gasteiger partial charge in [0.05, 0.1) is 5.69 Å². The Kier molecular flexibility index (Phi) is 3.34. The molecule has 0 bridgehead atoms. The molecule has 2 aromatic rings. The molecule has 0 spiro atoms. The Morgan fingerprint density at radius 2 is 2.33 bits per heavy atom. The van der Waals surface area contributed by atoms with E-state index in [-0.39, 0.29) is 5.91 Å². The van der Waals surface area contributed by atoms with Crippen LogP contribution >= 0.6 is 11.3 Å². The zero-order valence-electron chi connectivity index (χ0n) is 10.4. The van der Waals surface area contributed by atoms with Gasteiger partial charge in [-0.3, -0.25) is 4.79 Å². The van der Waals surface area contributed by atoms with Gasteiger partial charge in [-0.05, 0) is 19.1 Å². The minimum Gasteiger partial charge on any atom is -0.397 e. The van der Waals surface area contributed by atoms with Gasteiger partial charge in [0.15, 0.2) is 0 Å². The smallest absolute Gasteiger partial charge is 0.266 e. The Hall–Kier alpha value is -1.88. The summed E-state index contributed by atoms with van der Waals surface area (Å²) in [5, 5.41) is 0.842. The number of rotatable bonds is 3. The largest absolute Gasteiger partial charge is 0.397 e. The molecule has 0 radical (unpaired) electrons. The number of aromatic nitrogens is 1. The fourth-order valence-corrected chi connectivity index (χ4v) is 2.82. The summed E-state index contributed by atoms with van der Waals surface area (Å²) in [6.07, 6.45) is 1.70. The van der Waals surface area contributed by atoms with E-state index in [4.69, 9.17) is 5.73 Å². The van der Waals surface area contributed by atoms with Gasteiger partial charge in [0.1, 0.15) is 9.71 Å². The van der Waals surface area contributed by atoms with Gasteiger partial charge in [0.25, 0.3) is 5.91 Å². The molecule has 2 N–H and O–H groups in total. The third kappa shape index (κ3) is 2.22. The molecule has 1 amide bonds. The third-order valence-electron chi connectivity index (χ3n) is 2.55. The van der Waals surface area contributed by atoms with Crippen molar-refractivity contribution in [3.05, 3.63) is 35.4 Å². The standard InChI is InChI=1S/C13H15N3OS/c1-8(2)7-16(3)13(17)11-10(14)9-5-4-6-15-12(9)18-11/h4-6H,1,7,14H2,2-3H3. The van der Waals surface area contributed by atoms with Crippen molar-refractivity contribution in [3.63, 3.8) is 0 Å². The van der Waals surface area contributed by atoms with Crippen LogP contribution in [0.3, 0.4) is 0 Å². The number of nitrogen functional groups attached to an aromatic ring is 1. The Bertz CT molecular complexity index is 618. The van der Waals surface area contributed by atoms with E-state index in [0.29, 0.717) is 17.1 Å². The van der Waals surface area contributed by atoms with Crippen molar-refractivity contribution in [1.29, 1.82) is 0 Å². The molecule has 0 aliphatic carbocycles. The molecular weight excluding hydrogens is 246 g/mol. The Balaban J connectivity index is 2.39. The van der Waals surface area contributed by atoms with E-state index in [1.165, 1.54) is 11.3 Å². The maximum absolute atomic E-state index is 12.3. The van der Waals surface area contributed by atoms with E-state index in [1.54, 1.807) is 18.1 Å². The van der Waals surface area contributed by atoms with Gasteiger partial charge in [0, 0.05) is 25.2 Å². The molecule has 0 fully saturated rings. The molecule has 18 heavy (non-hydrogen) atoms. The molecule has 0 atom stereocenters. The number of hydrogen-bond acceptors (Lipinski definition) is 4. The van der Waals surface area contributed by atoms with Gasteiger partial charge in [-0.2, -0.15) is 0 Å². The lowest BCUT2D eigenvalue weighted by molar-refractivity contribution is 0.0812. The van der Waals surface area contributed by atoms with Gasteiger partial charge in [-0.15, -0.1) is 11.3 Å². The van der Waals surface area contributed by atoms with Crippen molar-refractivity contribution in [2.24, 2.45) is 0 Å². The maximum Gasteiger partial charge on any atom is 0.266 e. The lowest BCUT2D eigenvalue weighted by atomic mass is 10.2. The van der Waals surface area contributed by atoms with Gasteiger partial charge < -0.3 is 10.6 Å². The Morgan fingerprint density at radius 1 is 1.61 bits per heavy atom. The van der Waals surface area contributed by atoms with Crippen molar-refractivity contribution < 1.29 is 4.79 Å². The Labute approximate surface area is 110 Å². The number of likely N-dealkylation sites (N-methyl/N-ethyl adjacent to an activating group) is 1. The fourth-order valence-electron chi connectivity index (χ4n) is 1.76. The van der Waals surface area contributed by atoms with Crippen LogP contribution < -0.4 is 5.73 Å². The van der Waals surface area contributed by atoms with Crippen LogP contribution in [0.2, 0.25) is 0 Å². The number of nitrogens with zero attached hydrogens (tertiary/aromatic N) is 2. The maximum atomic E-state index is 12.3. The second-order valence-electron chi connectivity index (χ2n) is 4.32. The molecule has 2 rings (SSSR count). The quantitative estimate of drug-likeness (QED) is 0.864. The number of fused-ring (bicyclic) bond motifs is 1. The molecule has 4 nitrogen and oxygen atoms in total. The average molecular weight is 261 g/mol. The molecule has 0 unspecified atom stereocenters. The van der Waals surface area contributed by atoms with Crippen molar-refractivity contribution in [2.45, 2.75) is 6.92 Å². The number of pyridine rings is 1. The van der Waals surface area contributed by atoms with Crippen LogP contribution in [0.4, 0.5) is 5.69 Å². The summed E-state index contributed by atoms with van der Waals surface area (Å²) in [5.74, 6) is -0.0847. The first-order valence-electron chi connectivity index (χ1n) is 5.53. The van der Waals surface area contributed by atoms with Crippen molar-refractivity contribution >= 4 is 33.1 Å². The van der Waals surface area contributed by atoms with E-state index in [9.17, 15) is 4.79 Å². The van der Waals surface area contributed by atoms with Crippen LogP contribution in [0, 0.1) is 0 Å². The van der Waals surface area contributed by atoms with Gasteiger partial charge in [0.2, 0.25) is 0 Å². The lowest BCUT2D eigenvalue weighted by Crippen LogP contribution is -2.27. The van der Waals surface area contributed by atoms with Crippen LogP contribution in [0.15, 0.2) is 30.5 Å². The van der Waals surface area contributed by atoms with E-state index in [2.05, 4.69) is 11.6 Å². The summed E-state index contributed by atoms with van der Waals surface area (Å²) in [6, 6.07) is 3.70. The Morgan fingerprint density at radius 3 is 2.94 bits per heavy atom.